The zero-order valence-electron chi connectivity index (χ0n) is 6.81. The maximum atomic E-state index is 5.30. The third kappa shape index (κ3) is 3.02. The highest BCUT2D eigenvalue weighted by molar-refractivity contribution is 6.74. The second kappa shape index (κ2) is 4.50. The van der Waals surface area contributed by atoms with Gasteiger partial charge in [-0.2, -0.15) is 0 Å². The predicted molar refractivity (Wildman–Crippen MR) is 43.7 cm³/mol. The van der Waals surface area contributed by atoms with E-state index in [0.29, 0.717) is 13.2 Å². The molecule has 0 saturated carbocycles. The van der Waals surface area contributed by atoms with Gasteiger partial charge < -0.3 is 8.85 Å². The molecule has 0 aliphatic carbocycles. The van der Waals surface area contributed by atoms with Gasteiger partial charge in [0.25, 0.3) is 0 Å². The maximum absolute atomic E-state index is 5.30. The Morgan fingerprint density at radius 1 is 1.30 bits per heavy atom. The highest BCUT2D eigenvalue weighted by Gasteiger charge is 2.27. The third-order valence-electron chi connectivity index (χ3n) is 1.10. The second-order valence-corrected chi connectivity index (χ2v) is 4.71. The van der Waals surface area contributed by atoms with Crippen LogP contribution in [0.5, 0.6) is 0 Å². The molecular formula is C7H14O2Si. The summed E-state index contributed by atoms with van der Waals surface area (Å²) < 4.78 is 10.6. The molecule has 0 amide bonds. The molecule has 0 aliphatic heterocycles. The minimum absolute atomic E-state index is 0.632. The van der Waals surface area contributed by atoms with Crippen molar-refractivity contribution in [1.82, 2.24) is 0 Å². The quantitative estimate of drug-likeness (QED) is 0.453. The Labute approximate surface area is 63.8 Å². The van der Waals surface area contributed by atoms with E-state index in [9.17, 15) is 0 Å². The molecule has 58 valence electrons. The van der Waals surface area contributed by atoms with Crippen LogP contribution in [0.2, 0.25) is 6.55 Å². The Morgan fingerprint density at radius 3 is 1.90 bits per heavy atom. The van der Waals surface area contributed by atoms with Crippen molar-refractivity contribution in [1.29, 1.82) is 0 Å². The van der Waals surface area contributed by atoms with Gasteiger partial charge in [-0.05, 0) is 20.4 Å². The van der Waals surface area contributed by atoms with Gasteiger partial charge in [0.15, 0.2) is 0 Å². The maximum Gasteiger partial charge on any atom is 0.420 e. The van der Waals surface area contributed by atoms with Crippen molar-refractivity contribution < 1.29 is 8.85 Å². The van der Waals surface area contributed by atoms with Gasteiger partial charge in [-0.3, -0.25) is 0 Å². The first kappa shape index (κ1) is 9.70. The van der Waals surface area contributed by atoms with E-state index in [0.717, 1.165) is 0 Å². The Kier molecular flexibility index (Phi) is 4.37. The van der Waals surface area contributed by atoms with Gasteiger partial charge in [-0.15, -0.1) is 6.42 Å². The van der Waals surface area contributed by atoms with Crippen LogP contribution in [0.15, 0.2) is 0 Å². The predicted octanol–water partition coefficient (Wildman–Crippen LogP) is 1.30. The molecule has 0 spiro atoms. The monoisotopic (exact) mass is 158 g/mol. The molecule has 3 heteroatoms. The molecule has 0 bridgehead atoms. The molecule has 0 rings (SSSR count). The lowest BCUT2D eigenvalue weighted by Gasteiger charge is -2.18. The van der Waals surface area contributed by atoms with Crippen molar-refractivity contribution in [3.63, 3.8) is 0 Å². The number of hydrogen-bond acceptors (Lipinski definition) is 2. The average molecular weight is 158 g/mol. The van der Waals surface area contributed by atoms with Crippen molar-refractivity contribution >= 4 is 8.56 Å². The van der Waals surface area contributed by atoms with E-state index in [1.807, 2.05) is 20.4 Å². The van der Waals surface area contributed by atoms with E-state index in [2.05, 4.69) is 5.54 Å². The summed E-state index contributed by atoms with van der Waals surface area (Å²) in [6.45, 7) is 6.98. The van der Waals surface area contributed by atoms with Gasteiger partial charge in [0, 0.05) is 13.2 Å². The van der Waals surface area contributed by atoms with E-state index in [1.54, 1.807) is 0 Å². The normalized spacial score (nSPS) is 11.0. The molecule has 0 aromatic rings. The molecule has 0 saturated heterocycles. The van der Waals surface area contributed by atoms with Crippen molar-refractivity contribution in [2.75, 3.05) is 13.2 Å². The molecule has 0 aliphatic rings. The fourth-order valence-electron chi connectivity index (χ4n) is 0.676. The van der Waals surface area contributed by atoms with E-state index in [4.69, 9.17) is 15.3 Å². The van der Waals surface area contributed by atoms with Gasteiger partial charge >= 0.3 is 8.56 Å². The molecule has 0 aromatic heterocycles. The van der Waals surface area contributed by atoms with Crippen LogP contribution in [0.25, 0.3) is 0 Å². The molecule has 0 radical (unpaired) electrons. The zero-order chi connectivity index (χ0) is 8.04. The molecule has 2 nitrogen and oxygen atoms in total. The van der Waals surface area contributed by atoms with Crippen molar-refractivity contribution in [2.24, 2.45) is 0 Å². The van der Waals surface area contributed by atoms with E-state index in [-0.39, 0.29) is 0 Å². The molecule has 0 atom stereocenters. The molecule has 10 heavy (non-hydrogen) atoms. The zero-order valence-corrected chi connectivity index (χ0v) is 7.81. The Hall–Kier alpha value is -0.303. The van der Waals surface area contributed by atoms with Crippen molar-refractivity contribution in [2.45, 2.75) is 20.4 Å². The van der Waals surface area contributed by atoms with Crippen LogP contribution < -0.4 is 0 Å². The lowest BCUT2D eigenvalue weighted by atomic mass is 10.9. The van der Waals surface area contributed by atoms with Gasteiger partial charge in [0.2, 0.25) is 0 Å². The highest BCUT2D eigenvalue weighted by Crippen LogP contribution is 2.03. The minimum atomic E-state index is -2.20. The van der Waals surface area contributed by atoms with Crippen molar-refractivity contribution in [3.8, 4) is 12.0 Å². The SMILES string of the molecule is C#C[Si](C)(OCC)OCC. The summed E-state index contributed by atoms with van der Waals surface area (Å²) in [5, 5.41) is 0. The van der Waals surface area contributed by atoms with E-state index in [1.165, 1.54) is 0 Å². The van der Waals surface area contributed by atoms with Crippen molar-refractivity contribution in [3.05, 3.63) is 0 Å². The summed E-state index contributed by atoms with van der Waals surface area (Å²) in [6, 6.07) is 0. The summed E-state index contributed by atoms with van der Waals surface area (Å²) in [4.78, 5) is 0. The summed E-state index contributed by atoms with van der Waals surface area (Å²) in [6.07, 6.45) is 5.24. The minimum Gasteiger partial charge on any atom is -0.386 e. The lowest BCUT2D eigenvalue weighted by molar-refractivity contribution is 0.203. The van der Waals surface area contributed by atoms with E-state index < -0.39 is 8.56 Å². The highest BCUT2D eigenvalue weighted by atomic mass is 28.4. The standard InChI is InChI=1S/C7H14O2Si/c1-5-8-10(4,7-3)9-6-2/h3H,5-6H2,1-2,4H3. The van der Waals surface area contributed by atoms with Gasteiger partial charge in [0.1, 0.15) is 0 Å². The fourth-order valence-corrected chi connectivity index (χ4v) is 2.03. The summed E-state index contributed by atoms with van der Waals surface area (Å²) >= 11 is 0. The van der Waals surface area contributed by atoms with Crippen LogP contribution in [0.1, 0.15) is 13.8 Å². The third-order valence-corrected chi connectivity index (χ3v) is 3.31. The number of rotatable bonds is 4. The second-order valence-electron chi connectivity index (χ2n) is 1.96. The molecule has 0 heterocycles. The smallest absolute Gasteiger partial charge is 0.386 e. The Morgan fingerprint density at radius 2 is 1.70 bits per heavy atom. The lowest BCUT2D eigenvalue weighted by Crippen LogP contribution is -2.37. The molecule has 0 fully saturated rings. The molecule has 0 unspecified atom stereocenters. The van der Waals surface area contributed by atoms with Gasteiger partial charge in [-0.1, -0.05) is 5.54 Å². The van der Waals surface area contributed by atoms with Crippen LogP contribution >= 0.6 is 0 Å². The molecule has 0 aromatic carbocycles. The number of terminal acetylenes is 1. The number of hydrogen-bond donors (Lipinski definition) is 0. The topological polar surface area (TPSA) is 18.5 Å². The largest absolute Gasteiger partial charge is 0.420 e. The van der Waals surface area contributed by atoms with Crippen LogP contribution in [-0.2, 0) is 8.85 Å². The molecular weight excluding hydrogens is 144 g/mol. The summed E-state index contributed by atoms with van der Waals surface area (Å²) in [5.74, 6) is 0. The van der Waals surface area contributed by atoms with Gasteiger partial charge in [0.05, 0.1) is 0 Å². The first-order valence-corrected chi connectivity index (χ1v) is 5.75. The van der Waals surface area contributed by atoms with Gasteiger partial charge in [-0.25, -0.2) is 0 Å². The molecule has 0 N–H and O–H groups in total. The first-order chi connectivity index (χ1) is 4.68. The van der Waals surface area contributed by atoms with Crippen LogP contribution in [0.3, 0.4) is 0 Å². The Balaban J connectivity index is 3.85. The summed E-state index contributed by atoms with van der Waals surface area (Å²) in [7, 11) is -2.20. The van der Waals surface area contributed by atoms with Crippen LogP contribution in [0.4, 0.5) is 0 Å². The Bertz CT molecular complexity index is 122. The van der Waals surface area contributed by atoms with Crippen LogP contribution in [0, 0.1) is 12.0 Å². The summed E-state index contributed by atoms with van der Waals surface area (Å²) in [5.41, 5.74) is 2.57. The van der Waals surface area contributed by atoms with Crippen LogP contribution in [-0.4, -0.2) is 21.8 Å². The van der Waals surface area contributed by atoms with E-state index >= 15 is 0 Å². The fraction of sp³-hybridized carbons (Fsp3) is 0.714. The average Bonchev–Trinajstić information content (AvgIpc) is 1.89. The first-order valence-electron chi connectivity index (χ1n) is 3.44.